The molecular weight excluding hydrogens is 382 g/mol. The summed E-state index contributed by atoms with van der Waals surface area (Å²) >= 11 is 0. The van der Waals surface area contributed by atoms with Gasteiger partial charge in [-0.05, 0) is 43.3 Å². The number of nitrogens with zero attached hydrogens (tertiary/aromatic N) is 1. The lowest BCUT2D eigenvalue weighted by Gasteiger charge is -2.33. The summed E-state index contributed by atoms with van der Waals surface area (Å²) < 4.78 is 39.3. The number of hydrogen-bond donors (Lipinski definition) is 2. The molecule has 0 bridgehead atoms. The van der Waals surface area contributed by atoms with Crippen molar-refractivity contribution in [2.45, 2.75) is 24.8 Å². The van der Waals surface area contributed by atoms with E-state index in [2.05, 4.69) is 14.9 Å². The molecule has 1 atom stereocenters. The second kappa shape index (κ2) is 8.87. The fourth-order valence-electron chi connectivity index (χ4n) is 3.12. The van der Waals surface area contributed by atoms with Crippen LogP contribution in [-0.2, 0) is 19.6 Å². The first-order chi connectivity index (χ1) is 13.3. The Bertz CT molecular complexity index is 902. The highest BCUT2D eigenvalue weighted by atomic mass is 32.2. The number of rotatable bonds is 7. The van der Waals surface area contributed by atoms with Crippen molar-refractivity contribution in [1.82, 2.24) is 9.62 Å². The molecule has 0 aliphatic carbocycles. The number of anilines is 1. The molecule has 1 aliphatic heterocycles. The van der Waals surface area contributed by atoms with Crippen molar-refractivity contribution >= 4 is 21.6 Å². The zero-order valence-corrected chi connectivity index (χ0v) is 16.8. The Hall–Kier alpha value is -2.20. The van der Waals surface area contributed by atoms with Crippen molar-refractivity contribution in [3.63, 3.8) is 0 Å². The molecule has 1 aliphatic rings. The van der Waals surface area contributed by atoms with Gasteiger partial charge in [0.15, 0.2) is 0 Å². The minimum Gasteiger partial charge on any atom is -0.465 e. The van der Waals surface area contributed by atoms with E-state index in [1.807, 2.05) is 19.1 Å². The lowest BCUT2D eigenvalue weighted by molar-refractivity contribution is -0.114. The summed E-state index contributed by atoms with van der Waals surface area (Å²) in [5.74, 6) is 1.30. The Morgan fingerprint density at radius 1 is 1.14 bits per heavy atom. The highest BCUT2D eigenvalue weighted by Gasteiger charge is 2.27. The second-order valence-corrected chi connectivity index (χ2v) is 8.44. The molecular formula is C19H25N3O5S. The number of benzene rings is 1. The summed E-state index contributed by atoms with van der Waals surface area (Å²) in [5.41, 5.74) is 0.545. The molecule has 152 valence electrons. The van der Waals surface area contributed by atoms with Gasteiger partial charge < -0.3 is 14.5 Å². The maximum Gasteiger partial charge on any atom is 0.240 e. The summed E-state index contributed by atoms with van der Waals surface area (Å²) in [6.45, 7) is 6.06. The van der Waals surface area contributed by atoms with E-state index in [-0.39, 0.29) is 23.4 Å². The van der Waals surface area contributed by atoms with Crippen molar-refractivity contribution in [2.24, 2.45) is 0 Å². The van der Waals surface area contributed by atoms with Crippen LogP contribution in [0.15, 0.2) is 45.7 Å². The smallest absolute Gasteiger partial charge is 0.240 e. The molecule has 1 amide bonds. The van der Waals surface area contributed by atoms with Gasteiger partial charge in [-0.15, -0.1) is 0 Å². The fraction of sp³-hybridized carbons (Fsp3) is 0.421. The molecule has 2 heterocycles. The fourth-order valence-corrected chi connectivity index (χ4v) is 4.16. The quantitative estimate of drug-likeness (QED) is 0.727. The van der Waals surface area contributed by atoms with Crippen molar-refractivity contribution in [3.8, 4) is 0 Å². The molecule has 8 nitrogen and oxygen atoms in total. The van der Waals surface area contributed by atoms with Crippen LogP contribution < -0.4 is 10.0 Å². The molecule has 28 heavy (non-hydrogen) atoms. The predicted octanol–water partition coefficient (Wildman–Crippen LogP) is 1.90. The number of ether oxygens (including phenoxy) is 1. The van der Waals surface area contributed by atoms with E-state index in [9.17, 15) is 13.2 Å². The first-order valence-electron chi connectivity index (χ1n) is 9.10. The summed E-state index contributed by atoms with van der Waals surface area (Å²) in [6, 6.07) is 9.59. The van der Waals surface area contributed by atoms with Crippen molar-refractivity contribution in [1.29, 1.82) is 0 Å². The SMILES string of the molecule is CC(=O)Nc1ccc(S(=O)(=O)NCC(c2ccc(C)o2)N2CCOCC2)cc1. The third-order valence-electron chi connectivity index (χ3n) is 4.53. The standard InChI is InChI=1S/C19H25N3O5S/c1-14-3-8-19(27-14)18(22-9-11-26-12-10-22)13-20-28(24,25)17-6-4-16(5-7-17)21-15(2)23/h3-8,18,20H,9-13H2,1-2H3,(H,21,23). The molecule has 1 unspecified atom stereocenters. The van der Waals surface area contributed by atoms with Crippen molar-refractivity contribution in [2.75, 3.05) is 38.2 Å². The number of furan rings is 1. The zero-order valence-electron chi connectivity index (χ0n) is 16.0. The third-order valence-corrected chi connectivity index (χ3v) is 5.97. The van der Waals surface area contributed by atoms with Gasteiger partial charge in [0, 0.05) is 32.2 Å². The molecule has 3 rings (SSSR count). The third kappa shape index (κ3) is 5.20. The second-order valence-electron chi connectivity index (χ2n) is 6.67. The normalized spacial score (nSPS) is 16.6. The summed E-state index contributed by atoms with van der Waals surface area (Å²) in [6.07, 6.45) is 0. The van der Waals surface area contributed by atoms with Crippen LogP contribution in [0.3, 0.4) is 0 Å². The highest BCUT2D eigenvalue weighted by molar-refractivity contribution is 7.89. The van der Waals surface area contributed by atoms with Crippen LogP contribution in [0.25, 0.3) is 0 Å². The van der Waals surface area contributed by atoms with Crippen LogP contribution in [-0.4, -0.2) is 52.1 Å². The van der Waals surface area contributed by atoms with E-state index in [4.69, 9.17) is 9.15 Å². The van der Waals surface area contributed by atoms with Gasteiger partial charge in [-0.3, -0.25) is 9.69 Å². The Morgan fingerprint density at radius 2 is 1.82 bits per heavy atom. The van der Waals surface area contributed by atoms with Gasteiger partial charge in [-0.1, -0.05) is 0 Å². The van der Waals surface area contributed by atoms with Crippen LogP contribution in [0.5, 0.6) is 0 Å². The lowest BCUT2D eigenvalue weighted by atomic mass is 10.2. The largest absolute Gasteiger partial charge is 0.465 e. The van der Waals surface area contributed by atoms with Crippen molar-refractivity contribution < 1.29 is 22.4 Å². The Labute approximate surface area is 164 Å². The van der Waals surface area contributed by atoms with Crippen LogP contribution in [0, 0.1) is 6.92 Å². The number of carbonyl (C=O) groups is 1. The maximum absolute atomic E-state index is 12.7. The van der Waals surface area contributed by atoms with E-state index in [0.29, 0.717) is 32.0 Å². The van der Waals surface area contributed by atoms with Gasteiger partial charge in [-0.25, -0.2) is 13.1 Å². The predicted molar refractivity (Wildman–Crippen MR) is 105 cm³/mol. The maximum atomic E-state index is 12.7. The van der Waals surface area contributed by atoms with Crippen LogP contribution in [0.2, 0.25) is 0 Å². The monoisotopic (exact) mass is 407 g/mol. The summed E-state index contributed by atoms with van der Waals surface area (Å²) in [7, 11) is -3.70. The Balaban J connectivity index is 1.73. The van der Waals surface area contributed by atoms with Crippen LogP contribution in [0.4, 0.5) is 5.69 Å². The van der Waals surface area contributed by atoms with Gasteiger partial charge >= 0.3 is 0 Å². The average Bonchev–Trinajstić information content (AvgIpc) is 3.09. The van der Waals surface area contributed by atoms with Gasteiger partial charge in [0.25, 0.3) is 0 Å². The number of amides is 1. The van der Waals surface area contributed by atoms with Crippen molar-refractivity contribution in [3.05, 3.63) is 47.9 Å². The van der Waals surface area contributed by atoms with Crippen LogP contribution in [0.1, 0.15) is 24.5 Å². The first kappa shape index (κ1) is 20.5. The van der Waals surface area contributed by atoms with Gasteiger partial charge in [0.2, 0.25) is 15.9 Å². The molecule has 2 aromatic rings. The van der Waals surface area contributed by atoms with E-state index in [1.165, 1.54) is 19.1 Å². The summed E-state index contributed by atoms with van der Waals surface area (Å²) in [5, 5.41) is 2.62. The lowest BCUT2D eigenvalue weighted by Crippen LogP contribution is -2.43. The molecule has 9 heteroatoms. The molecule has 0 spiro atoms. The molecule has 0 radical (unpaired) electrons. The van der Waals surface area contributed by atoms with E-state index in [1.54, 1.807) is 12.1 Å². The van der Waals surface area contributed by atoms with E-state index < -0.39 is 10.0 Å². The number of sulfonamides is 1. The number of morpholine rings is 1. The molecule has 0 saturated carbocycles. The van der Waals surface area contributed by atoms with Crippen LogP contribution >= 0.6 is 0 Å². The molecule has 1 saturated heterocycles. The molecule has 1 aromatic heterocycles. The van der Waals surface area contributed by atoms with E-state index in [0.717, 1.165) is 11.5 Å². The van der Waals surface area contributed by atoms with Gasteiger partial charge in [-0.2, -0.15) is 0 Å². The Morgan fingerprint density at radius 3 is 2.39 bits per heavy atom. The Kier molecular flexibility index (Phi) is 6.50. The van der Waals surface area contributed by atoms with E-state index >= 15 is 0 Å². The molecule has 2 N–H and O–H groups in total. The molecule has 1 fully saturated rings. The van der Waals surface area contributed by atoms with Gasteiger partial charge in [0.05, 0.1) is 24.2 Å². The number of hydrogen-bond acceptors (Lipinski definition) is 6. The molecule has 1 aromatic carbocycles. The minimum atomic E-state index is -3.70. The highest BCUT2D eigenvalue weighted by Crippen LogP contribution is 2.24. The number of aryl methyl sites for hydroxylation is 1. The number of nitrogens with one attached hydrogen (secondary N) is 2. The minimum absolute atomic E-state index is 0.137. The topological polar surface area (TPSA) is 101 Å². The van der Waals surface area contributed by atoms with Gasteiger partial charge in [0.1, 0.15) is 11.5 Å². The summed E-state index contributed by atoms with van der Waals surface area (Å²) in [4.78, 5) is 13.4. The first-order valence-corrected chi connectivity index (χ1v) is 10.6. The average molecular weight is 407 g/mol. The number of carbonyl (C=O) groups excluding carboxylic acids is 1. The zero-order chi connectivity index (χ0) is 20.1.